The Hall–Kier alpha value is -2.51. The molecule has 2 aliphatic heterocycles. The van der Waals surface area contributed by atoms with E-state index in [4.69, 9.17) is 13.6 Å². The van der Waals surface area contributed by atoms with Crippen molar-refractivity contribution in [2.45, 2.75) is 58.8 Å². The Kier molecular flexibility index (Phi) is 9.77. The highest BCUT2D eigenvalue weighted by atomic mass is 31.2. The SMILES string of the molecule is CCOP(=O)(OCC)Oc1cc(CC)ccc1C1CCN(CCCCN2C(=O)c3ccccc3C2=O)CC1. The molecule has 2 aromatic rings. The van der Waals surface area contributed by atoms with E-state index in [-0.39, 0.29) is 25.0 Å². The van der Waals surface area contributed by atoms with Crippen molar-refractivity contribution in [1.82, 2.24) is 9.80 Å². The van der Waals surface area contributed by atoms with Gasteiger partial charge in [0.15, 0.2) is 0 Å². The number of aryl methyl sites for hydroxylation is 1. The summed E-state index contributed by atoms with van der Waals surface area (Å²) in [4.78, 5) is 28.9. The fraction of sp³-hybridized carbons (Fsp3) is 0.517. The molecule has 9 heteroatoms. The highest BCUT2D eigenvalue weighted by molar-refractivity contribution is 7.48. The lowest BCUT2D eigenvalue weighted by Crippen LogP contribution is -2.35. The second kappa shape index (κ2) is 13.0. The van der Waals surface area contributed by atoms with Gasteiger partial charge < -0.3 is 9.42 Å². The van der Waals surface area contributed by atoms with Gasteiger partial charge in [-0.25, -0.2) is 4.57 Å². The van der Waals surface area contributed by atoms with Gasteiger partial charge >= 0.3 is 7.82 Å². The molecule has 2 aliphatic rings. The van der Waals surface area contributed by atoms with Crippen molar-refractivity contribution in [3.05, 3.63) is 64.7 Å². The Morgan fingerprint density at radius 1 is 0.868 bits per heavy atom. The molecule has 0 radical (unpaired) electrons. The van der Waals surface area contributed by atoms with Crippen LogP contribution in [-0.4, -0.2) is 61.0 Å². The number of phosphoric ester groups is 1. The maximum absolute atomic E-state index is 13.1. The van der Waals surface area contributed by atoms with Crippen LogP contribution in [0.5, 0.6) is 5.75 Å². The highest BCUT2D eigenvalue weighted by Crippen LogP contribution is 2.51. The van der Waals surface area contributed by atoms with Gasteiger partial charge in [0.25, 0.3) is 11.8 Å². The highest BCUT2D eigenvalue weighted by Gasteiger charge is 2.35. The Balaban J connectivity index is 1.29. The molecule has 0 aromatic heterocycles. The summed E-state index contributed by atoms with van der Waals surface area (Å²) < 4.78 is 29.8. The largest absolute Gasteiger partial charge is 0.530 e. The molecule has 0 N–H and O–H groups in total. The summed E-state index contributed by atoms with van der Waals surface area (Å²) in [6, 6.07) is 13.2. The van der Waals surface area contributed by atoms with Gasteiger partial charge in [-0.15, -0.1) is 0 Å². The number of nitrogens with zero attached hydrogens (tertiary/aromatic N) is 2. The quantitative estimate of drug-likeness (QED) is 0.173. The first kappa shape index (κ1) is 28.5. The molecular formula is C29H39N2O6P. The zero-order valence-corrected chi connectivity index (χ0v) is 23.6. The standard InChI is InChI=1S/C29H39N2O6P/c1-4-22-13-14-24(27(21-22)37-38(34,35-5-2)36-6-3)23-15-19-30(20-16-23)17-9-10-18-31-28(32)25-11-7-8-12-26(25)29(31)33/h7-8,11-14,21,23H,4-6,9-10,15-20H2,1-3H3. The van der Waals surface area contributed by atoms with E-state index in [0.29, 0.717) is 29.3 Å². The zero-order valence-electron chi connectivity index (χ0n) is 22.7. The van der Waals surface area contributed by atoms with Crippen LogP contribution < -0.4 is 4.52 Å². The van der Waals surface area contributed by atoms with Crippen LogP contribution in [0.2, 0.25) is 0 Å². The number of fused-ring (bicyclic) bond motifs is 1. The number of imide groups is 1. The molecule has 4 rings (SSSR count). The Morgan fingerprint density at radius 2 is 1.47 bits per heavy atom. The van der Waals surface area contributed by atoms with Gasteiger partial charge in [-0.2, -0.15) is 0 Å². The molecule has 0 spiro atoms. The van der Waals surface area contributed by atoms with Crippen LogP contribution in [0.3, 0.4) is 0 Å². The maximum atomic E-state index is 13.1. The predicted octanol–water partition coefficient (Wildman–Crippen LogP) is 6.06. The van der Waals surface area contributed by atoms with Gasteiger partial charge in [-0.3, -0.25) is 23.5 Å². The minimum atomic E-state index is -3.68. The number of carbonyl (C=O) groups excluding carboxylic acids is 2. The van der Waals surface area contributed by atoms with E-state index >= 15 is 0 Å². The van der Waals surface area contributed by atoms with Gasteiger partial charge in [-0.05, 0) is 101 Å². The number of rotatable bonds is 13. The van der Waals surface area contributed by atoms with Crippen LogP contribution in [-0.2, 0) is 20.0 Å². The monoisotopic (exact) mass is 542 g/mol. The van der Waals surface area contributed by atoms with Crippen LogP contribution in [0.25, 0.3) is 0 Å². The first-order valence-electron chi connectivity index (χ1n) is 13.8. The summed E-state index contributed by atoms with van der Waals surface area (Å²) in [5.74, 6) is 0.518. The third kappa shape index (κ3) is 6.55. The summed E-state index contributed by atoms with van der Waals surface area (Å²) in [5.41, 5.74) is 3.17. The first-order valence-corrected chi connectivity index (χ1v) is 15.2. The van der Waals surface area contributed by atoms with Crippen LogP contribution in [0.1, 0.15) is 84.2 Å². The third-order valence-electron chi connectivity index (χ3n) is 7.28. The number of hydrogen-bond acceptors (Lipinski definition) is 7. The molecule has 206 valence electrons. The van der Waals surface area contributed by atoms with Gasteiger partial charge in [0.05, 0.1) is 24.3 Å². The second-order valence-corrected chi connectivity index (χ2v) is 11.3. The van der Waals surface area contributed by atoms with Crippen molar-refractivity contribution in [1.29, 1.82) is 0 Å². The summed E-state index contributed by atoms with van der Waals surface area (Å²) in [5, 5.41) is 0. The molecule has 2 aromatic carbocycles. The lowest BCUT2D eigenvalue weighted by Gasteiger charge is -2.33. The van der Waals surface area contributed by atoms with Crippen molar-refractivity contribution < 1.29 is 27.7 Å². The number of amides is 2. The van der Waals surface area contributed by atoms with E-state index in [1.807, 2.05) is 6.07 Å². The minimum absolute atomic E-state index is 0.184. The summed E-state index contributed by atoms with van der Waals surface area (Å²) in [6.07, 6.45) is 4.49. The van der Waals surface area contributed by atoms with Gasteiger partial charge in [0.2, 0.25) is 0 Å². The zero-order chi connectivity index (χ0) is 27.1. The Labute approximate surface area is 225 Å². The number of phosphoric acid groups is 1. The number of hydrogen-bond donors (Lipinski definition) is 0. The van der Waals surface area contributed by atoms with Crippen LogP contribution >= 0.6 is 7.82 Å². The molecule has 0 atom stereocenters. The average Bonchev–Trinajstić information content (AvgIpc) is 3.16. The molecule has 0 bridgehead atoms. The van der Waals surface area contributed by atoms with Gasteiger partial charge in [-0.1, -0.05) is 31.2 Å². The molecule has 1 saturated heterocycles. The van der Waals surface area contributed by atoms with E-state index in [0.717, 1.165) is 62.9 Å². The maximum Gasteiger partial charge on any atom is 0.530 e. The molecule has 0 saturated carbocycles. The summed E-state index contributed by atoms with van der Waals surface area (Å²) in [7, 11) is -3.68. The number of unbranched alkanes of at least 4 members (excludes halogenated alkanes) is 1. The van der Waals surface area contributed by atoms with Crippen molar-refractivity contribution in [3.63, 3.8) is 0 Å². The number of likely N-dealkylation sites (tertiary alicyclic amines) is 1. The van der Waals surface area contributed by atoms with E-state index in [2.05, 4.69) is 24.0 Å². The van der Waals surface area contributed by atoms with Crippen LogP contribution in [0, 0.1) is 0 Å². The first-order chi connectivity index (χ1) is 18.4. The number of benzene rings is 2. The Morgan fingerprint density at radius 3 is 2.05 bits per heavy atom. The van der Waals surface area contributed by atoms with Gasteiger partial charge in [0, 0.05) is 6.54 Å². The molecule has 0 unspecified atom stereocenters. The van der Waals surface area contributed by atoms with Crippen molar-refractivity contribution in [3.8, 4) is 5.75 Å². The third-order valence-corrected chi connectivity index (χ3v) is 8.85. The lowest BCUT2D eigenvalue weighted by atomic mass is 9.88. The molecule has 38 heavy (non-hydrogen) atoms. The van der Waals surface area contributed by atoms with Gasteiger partial charge in [0.1, 0.15) is 5.75 Å². The summed E-state index contributed by atoms with van der Waals surface area (Å²) in [6.45, 7) is 9.38. The molecule has 2 amide bonds. The number of carbonyl (C=O) groups is 2. The molecule has 2 heterocycles. The smallest absolute Gasteiger partial charge is 0.404 e. The lowest BCUT2D eigenvalue weighted by molar-refractivity contribution is 0.0649. The molecule has 8 nitrogen and oxygen atoms in total. The molecular weight excluding hydrogens is 503 g/mol. The summed E-state index contributed by atoms with van der Waals surface area (Å²) >= 11 is 0. The van der Waals surface area contributed by atoms with Crippen LogP contribution in [0.15, 0.2) is 42.5 Å². The fourth-order valence-electron chi connectivity index (χ4n) is 5.26. The Bertz CT molecular complexity index is 1130. The van der Waals surface area contributed by atoms with Crippen molar-refractivity contribution in [2.75, 3.05) is 39.4 Å². The van der Waals surface area contributed by atoms with Crippen LogP contribution in [0.4, 0.5) is 0 Å². The van der Waals surface area contributed by atoms with Crippen molar-refractivity contribution >= 4 is 19.6 Å². The predicted molar refractivity (Wildman–Crippen MR) is 147 cm³/mol. The average molecular weight is 543 g/mol. The number of piperidine rings is 1. The van der Waals surface area contributed by atoms with E-state index in [9.17, 15) is 14.2 Å². The van der Waals surface area contributed by atoms with E-state index in [1.54, 1.807) is 38.1 Å². The second-order valence-electron chi connectivity index (χ2n) is 9.73. The van der Waals surface area contributed by atoms with E-state index in [1.165, 1.54) is 4.90 Å². The van der Waals surface area contributed by atoms with E-state index < -0.39 is 7.82 Å². The van der Waals surface area contributed by atoms with Crippen molar-refractivity contribution in [2.24, 2.45) is 0 Å². The minimum Gasteiger partial charge on any atom is -0.404 e. The topological polar surface area (TPSA) is 85.4 Å². The molecule has 0 aliphatic carbocycles. The fourth-order valence-corrected chi connectivity index (χ4v) is 6.47. The molecule has 1 fully saturated rings. The normalized spacial score (nSPS) is 16.8.